The largest absolute Gasteiger partial charge is 0.317 e. The molecular weight excluding hydrogens is 184 g/mol. The third-order valence-corrected chi connectivity index (χ3v) is 4.54. The van der Waals surface area contributed by atoms with Crippen LogP contribution in [0.25, 0.3) is 0 Å². The Labute approximate surface area is 94.2 Å². The molecule has 1 aliphatic carbocycles. The summed E-state index contributed by atoms with van der Waals surface area (Å²) in [6.07, 6.45) is 5.63. The van der Waals surface area contributed by atoms with E-state index in [1.165, 1.54) is 51.9 Å². The van der Waals surface area contributed by atoms with Crippen molar-refractivity contribution in [1.29, 1.82) is 0 Å². The molecule has 0 aromatic carbocycles. The van der Waals surface area contributed by atoms with Crippen molar-refractivity contribution >= 4 is 0 Å². The summed E-state index contributed by atoms with van der Waals surface area (Å²) >= 11 is 0. The van der Waals surface area contributed by atoms with Crippen molar-refractivity contribution < 1.29 is 0 Å². The zero-order valence-corrected chi connectivity index (χ0v) is 10.3. The van der Waals surface area contributed by atoms with Crippen LogP contribution in [-0.2, 0) is 0 Å². The number of rotatable bonds is 5. The molecule has 0 aromatic heterocycles. The molecule has 2 heteroatoms. The normalized spacial score (nSPS) is 30.4. The van der Waals surface area contributed by atoms with Crippen LogP contribution < -0.4 is 10.6 Å². The standard InChI is InChI=1S/C13H26N2/c1-3-11(2)9-15-10-12-8-13(12)4-6-14-7-5-13/h11-12,14-15H,3-10H2,1-2H3. The van der Waals surface area contributed by atoms with E-state index in [2.05, 4.69) is 24.5 Å². The second-order valence-corrected chi connectivity index (χ2v) is 5.69. The molecule has 1 heterocycles. The minimum atomic E-state index is 0.758. The van der Waals surface area contributed by atoms with Gasteiger partial charge in [0.05, 0.1) is 0 Å². The van der Waals surface area contributed by atoms with Gasteiger partial charge in [0.25, 0.3) is 0 Å². The van der Waals surface area contributed by atoms with E-state index < -0.39 is 0 Å². The van der Waals surface area contributed by atoms with Crippen LogP contribution in [0.4, 0.5) is 0 Å². The lowest BCUT2D eigenvalue weighted by molar-refractivity contribution is 0.316. The molecule has 1 saturated heterocycles. The summed E-state index contributed by atoms with van der Waals surface area (Å²) in [6, 6.07) is 0. The Hall–Kier alpha value is -0.0800. The van der Waals surface area contributed by atoms with Crippen molar-refractivity contribution in [2.24, 2.45) is 17.3 Å². The molecule has 0 amide bonds. The Kier molecular flexibility index (Phi) is 3.68. The van der Waals surface area contributed by atoms with E-state index in [9.17, 15) is 0 Å². The quantitative estimate of drug-likeness (QED) is 0.725. The van der Waals surface area contributed by atoms with Crippen molar-refractivity contribution in [2.75, 3.05) is 26.2 Å². The van der Waals surface area contributed by atoms with Crippen LogP contribution in [0, 0.1) is 17.3 Å². The summed E-state index contributed by atoms with van der Waals surface area (Å²) < 4.78 is 0. The Morgan fingerprint density at radius 3 is 2.80 bits per heavy atom. The fourth-order valence-corrected chi connectivity index (χ4v) is 2.91. The van der Waals surface area contributed by atoms with Crippen LogP contribution in [0.3, 0.4) is 0 Å². The van der Waals surface area contributed by atoms with Gasteiger partial charge >= 0.3 is 0 Å². The highest BCUT2D eigenvalue weighted by Crippen LogP contribution is 2.58. The van der Waals surface area contributed by atoms with Crippen molar-refractivity contribution in [3.8, 4) is 0 Å². The lowest BCUT2D eigenvalue weighted by Crippen LogP contribution is -2.32. The number of nitrogens with one attached hydrogen (secondary N) is 2. The first kappa shape index (κ1) is 11.4. The molecule has 2 N–H and O–H groups in total. The van der Waals surface area contributed by atoms with Crippen LogP contribution in [-0.4, -0.2) is 26.2 Å². The molecule has 2 nitrogen and oxygen atoms in total. The van der Waals surface area contributed by atoms with Crippen molar-refractivity contribution in [1.82, 2.24) is 10.6 Å². The fraction of sp³-hybridized carbons (Fsp3) is 1.00. The van der Waals surface area contributed by atoms with E-state index in [4.69, 9.17) is 0 Å². The molecule has 1 spiro atoms. The Bertz CT molecular complexity index is 197. The first-order valence-corrected chi connectivity index (χ1v) is 6.68. The molecule has 2 unspecified atom stereocenters. The van der Waals surface area contributed by atoms with Crippen LogP contribution in [0.5, 0.6) is 0 Å². The molecule has 0 bridgehead atoms. The molecule has 2 rings (SSSR count). The maximum atomic E-state index is 3.65. The van der Waals surface area contributed by atoms with Gasteiger partial charge in [-0.3, -0.25) is 0 Å². The summed E-state index contributed by atoms with van der Waals surface area (Å²) in [5.74, 6) is 1.83. The van der Waals surface area contributed by atoms with E-state index in [1.54, 1.807) is 0 Å². The molecule has 0 radical (unpaired) electrons. The Balaban J connectivity index is 1.62. The highest BCUT2D eigenvalue weighted by atomic mass is 14.9. The minimum Gasteiger partial charge on any atom is -0.317 e. The van der Waals surface area contributed by atoms with Gasteiger partial charge in [-0.05, 0) is 62.7 Å². The van der Waals surface area contributed by atoms with E-state index in [0.717, 1.165) is 17.3 Å². The lowest BCUT2D eigenvalue weighted by Gasteiger charge is -2.23. The summed E-state index contributed by atoms with van der Waals surface area (Å²) in [6.45, 7) is 9.59. The predicted octanol–water partition coefficient (Wildman–Crippen LogP) is 2.01. The first-order chi connectivity index (χ1) is 7.27. The van der Waals surface area contributed by atoms with Gasteiger partial charge < -0.3 is 10.6 Å². The smallest absolute Gasteiger partial charge is 0.00149 e. The highest BCUT2D eigenvalue weighted by Gasteiger charge is 2.52. The lowest BCUT2D eigenvalue weighted by atomic mass is 9.92. The molecule has 2 atom stereocenters. The van der Waals surface area contributed by atoms with Crippen molar-refractivity contribution in [2.45, 2.75) is 39.5 Å². The zero-order chi connectivity index (χ0) is 10.7. The van der Waals surface area contributed by atoms with Gasteiger partial charge in [-0.15, -0.1) is 0 Å². The number of piperidine rings is 1. The Morgan fingerprint density at radius 1 is 1.40 bits per heavy atom. The SMILES string of the molecule is CCC(C)CNCC1CC12CCNCC2. The number of hydrogen-bond donors (Lipinski definition) is 2. The third-order valence-electron chi connectivity index (χ3n) is 4.54. The molecule has 15 heavy (non-hydrogen) atoms. The van der Waals surface area contributed by atoms with Crippen LogP contribution in [0.1, 0.15) is 39.5 Å². The minimum absolute atomic E-state index is 0.758. The van der Waals surface area contributed by atoms with Gasteiger partial charge in [0.2, 0.25) is 0 Å². The summed E-state index contributed by atoms with van der Waals surface area (Å²) in [7, 11) is 0. The summed E-state index contributed by atoms with van der Waals surface area (Å²) in [5.41, 5.74) is 0.758. The average molecular weight is 210 g/mol. The van der Waals surface area contributed by atoms with Gasteiger partial charge in [0.1, 0.15) is 0 Å². The molecule has 2 fully saturated rings. The van der Waals surface area contributed by atoms with Crippen LogP contribution >= 0.6 is 0 Å². The topological polar surface area (TPSA) is 24.1 Å². The summed E-state index contributed by atoms with van der Waals surface area (Å²) in [5, 5.41) is 7.11. The molecular formula is C13H26N2. The zero-order valence-electron chi connectivity index (χ0n) is 10.3. The van der Waals surface area contributed by atoms with Crippen molar-refractivity contribution in [3.05, 3.63) is 0 Å². The first-order valence-electron chi connectivity index (χ1n) is 6.68. The van der Waals surface area contributed by atoms with Crippen molar-refractivity contribution in [3.63, 3.8) is 0 Å². The third kappa shape index (κ3) is 2.73. The van der Waals surface area contributed by atoms with Gasteiger partial charge in [-0.1, -0.05) is 20.3 Å². The average Bonchev–Trinajstić information content (AvgIpc) is 2.92. The van der Waals surface area contributed by atoms with Crippen LogP contribution in [0.15, 0.2) is 0 Å². The number of hydrogen-bond acceptors (Lipinski definition) is 2. The van der Waals surface area contributed by atoms with E-state index >= 15 is 0 Å². The second-order valence-electron chi connectivity index (χ2n) is 5.69. The fourth-order valence-electron chi connectivity index (χ4n) is 2.91. The summed E-state index contributed by atoms with van der Waals surface area (Å²) in [4.78, 5) is 0. The van der Waals surface area contributed by atoms with Gasteiger partial charge in [0, 0.05) is 0 Å². The predicted molar refractivity (Wildman–Crippen MR) is 65.0 cm³/mol. The van der Waals surface area contributed by atoms with E-state index in [1.807, 2.05) is 0 Å². The molecule has 1 saturated carbocycles. The maximum Gasteiger partial charge on any atom is -0.00149 e. The van der Waals surface area contributed by atoms with Crippen LogP contribution in [0.2, 0.25) is 0 Å². The monoisotopic (exact) mass is 210 g/mol. The van der Waals surface area contributed by atoms with Gasteiger partial charge in [-0.2, -0.15) is 0 Å². The van der Waals surface area contributed by atoms with E-state index in [-0.39, 0.29) is 0 Å². The molecule has 2 aliphatic rings. The molecule has 1 aliphatic heterocycles. The highest BCUT2D eigenvalue weighted by molar-refractivity contribution is 5.04. The van der Waals surface area contributed by atoms with Gasteiger partial charge in [-0.25, -0.2) is 0 Å². The van der Waals surface area contributed by atoms with E-state index in [0.29, 0.717) is 0 Å². The Morgan fingerprint density at radius 2 is 2.13 bits per heavy atom. The van der Waals surface area contributed by atoms with Gasteiger partial charge in [0.15, 0.2) is 0 Å². The molecule has 88 valence electrons. The second kappa shape index (κ2) is 4.84. The maximum absolute atomic E-state index is 3.65. The molecule has 0 aromatic rings.